The molecule has 0 aliphatic rings. The van der Waals surface area contributed by atoms with E-state index in [-0.39, 0.29) is 0 Å². The second-order valence-corrected chi connectivity index (χ2v) is 6.12. The fourth-order valence-electron chi connectivity index (χ4n) is 1.53. The summed E-state index contributed by atoms with van der Waals surface area (Å²) in [6.07, 6.45) is 0. The lowest BCUT2D eigenvalue weighted by atomic mass is 10.2. The fourth-order valence-corrected chi connectivity index (χ4v) is 2.71. The Hall–Kier alpha value is -0.710. The number of nitrogens with one attached hydrogen (secondary N) is 1. The van der Waals surface area contributed by atoms with Crippen LogP contribution in [-0.4, -0.2) is 0 Å². The summed E-state index contributed by atoms with van der Waals surface area (Å²) in [5, 5.41) is 3.94. The van der Waals surface area contributed by atoms with Gasteiger partial charge in [-0.25, -0.2) is 0 Å². The van der Waals surface area contributed by atoms with E-state index in [1.54, 1.807) is 0 Å². The van der Waals surface area contributed by atoms with Crippen molar-refractivity contribution in [3.8, 4) is 0 Å². The first-order valence-corrected chi connectivity index (χ1v) is 7.21. The number of nitrogens with two attached hydrogens (primary N) is 1. The standard InChI is InChI=1S/C13H11Br2ClN2/c1-7-4-13(9(15)6-11(7)17)18-12-3-2-8(14)5-10(12)16/h2-6,18H,17H2,1H3. The zero-order valence-corrected chi connectivity index (χ0v) is 13.5. The predicted molar refractivity (Wildman–Crippen MR) is 85.7 cm³/mol. The third-order valence-corrected chi connectivity index (χ3v) is 4.02. The lowest BCUT2D eigenvalue weighted by molar-refractivity contribution is 1.43. The number of nitrogen functional groups attached to an aromatic ring is 1. The molecule has 18 heavy (non-hydrogen) atoms. The molecule has 0 aliphatic heterocycles. The molecule has 5 heteroatoms. The van der Waals surface area contributed by atoms with Crippen molar-refractivity contribution in [3.63, 3.8) is 0 Å². The maximum absolute atomic E-state index is 6.17. The average Bonchev–Trinajstić information content (AvgIpc) is 2.29. The van der Waals surface area contributed by atoms with Crippen molar-refractivity contribution in [2.75, 3.05) is 11.1 Å². The molecule has 0 fully saturated rings. The van der Waals surface area contributed by atoms with Gasteiger partial charge in [-0.15, -0.1) is 0 Å². The molecule has 0 heterocycles. The number of benzene rings is 2. The Morgan fingerprint density at radius 3 is 2.50 bits per heavy atom. The molecule has 0 aromatic heterocycles. The molecule has 0 amide bonds. The molecule has 0 atom stereocenters. The Morgan fingerprint density at radius 1 is 1.11 bits per heavy atom. The van der Waals surface area contributed by atoms with E-state index in [4.69, 9.17) is 17.3 Å². The molecule has 0 unspecified atom stereocenters. The van der Waals surface area contributed by atoms with Gasteiger partial charge in [-0.3, -0.25) is 0 Å². The van der Waals surface area contributed by atoms with Gasteiger partial charge in [0, 0.05) is 14.6 Å². The van der Waals surface area contributed by atoms with Crippen LogP contribution in [0.5, 0.6) is 0 Å². The predicted octanol–water partition coefficient (Wildman–Crippen LogP) is 5.50. The molecule has 2 aromatic rings. The number of hydrogen-bond acceptors (Lipinski definition) is 2. The number of hydrogen-bond donors (Lipinski definition) is 2. The van der Waals surface area contributed by atoms with Gasteiger partial charge < -0.3 is 11.1 Å². The van der Waals surface area contributed by atoms with Gasteiger partial charge in [-0.1, -0.05) is 27.5 Å². The highest BCUT2D eigenvalue weighted by Gasteiger charge is 2.06. The van der Waals surface area contributed by atoms with Crippen LogP contribution in [0, 0.1) is 6.92 Å². The molecule has 0 aliphatic carbocycles. The second-order valence-electron chi connectivity index (χ2n) is 3.94. The first-order chi connectivity index (χ1) is 8.47. The van der Waals surface area contributed by atoms with E-state index in [1.165, 1.54) is 0 Å². The summed E-state index contributed by atoms with van der Waals surface area (Å²) in [4.78, 5) is 0. The van der Waals surface area contributed by atoms with Crippen LogP contribution in [0.25, 0.3) is 0 Å². The SMILES string of the molecule is Cc1cc(Nc2ccc(Br)cc2Cl)c(Br)cc1N. The lowest BCUT2D eigenvalue weighted by Crippen LogP contribution is -1.96. The first kappa shape index (κ1) is 13.7. The van der Waals surface area contributed by atoms with Crippen molar-refractivity contribution in [1.29, 1.82) is 0 Å². The highest BCUT2D eigenvalue weighted by molar-refractivity contribution is 9.10. The number of halogens is 3. The van der Waals surface area contributed by atoms with Crippen molar-refractivity contribution >= 4 is 60.5 Å². The van der Waals surface area contributed by atoms with Gasteiger partial charge in [0.25, 0.3) is 0 Å². The van der Waals surface area contributed by atoms with Crippen LogP contribution in [0.4, 0.5) is 17.1 Å². The monoisotopic (exact) mass is 388 g/mol. The largest absolute Gasteiger partial charge is 0.398 e. The van der Waals surface area contributed by atoms with Crippen LogP contribution in [0.15, 0.2) is 39.3 Å². The molecule has 0 bridgehead atoms. The van der Waals surface area contributed by atoms with Crippen LogP contribution in [0.2, 0.25) is 5.02 Å². The third-order valence-electron chi connectivity index (χ3n) is 2.56. The average molecular weight is 391 g/mol. The van der Waals surface area contributed by atoms with E-state index >= 15 is 0 Å². The van der Waals surface area contributed by atoms with E-state index in [9.17, 15) is 0 Å². The van der Waals surface area contributed by atoms with Gasteiger partial charge in [-0.2, -0.15) is 0 Å². The molecule has 2 rings (SSSR count). The Kier molecular flexibility index (Phi) is 4.20. The highest BCUT2D eigenvalue weighted by Crippen LogP contribution is 2.33. The highest BCUT2D eigenvalue weighted by atomic mass is 79.9. The third kappa shape index (κ3) is 2.99. The molecule has 0 saturated carbocycles. The second kappa shape index (κ2) is 5.51. The molecule has 2 aromatic carbocycles. The van der Waals surface area contributed by atoms with E-state index < -0.39 is 0 Å². The lowest BCUT2D eigenvalue weighted by Gasteiger charge is -2.12. The van der Waals surface area contributed by atoms with E-state index in [2.05, 4.69) is 37.2 Å². The summed E-state index contributed by atoms with van der Waals surface area (Å²) >= 11 is 13.0. The minimum atomic E-state index is 0.658. The van der Waals surface area contributed by atoms with Crippen molar-refractivity contribution < 1.29 is 0 Å². The fraction of sp³-hybridized carbons (Fsp3) is 0.0769. The molecule has 94 valence electrons. The summed E-state index contributed by atoms with van der Waals surface area (Å²) in [6, 6.07) is 9.57. The molecule has 2 nitrogen and oxygen atoms in total. The van der Waals surface area contributed by atoms with Crippen LogP contribution < -0.4 is 11.1 Å². The summed E-state index contributed by atoms with van der Waals surface area (Å²) in [6.45, 7) is 1.97. The summed E-state index contributed by atoms with van der Waals surface area (Å²) in [5.74, 6) is 0. The zero-order valence-electron chi connectivity index (χ0n) is 9.60. The van der Waals surface area contributed by atoms with E-state index in [0.29, 0.717) is 5.02 Å². The smallest absolute Gasteiger partial charge is 0.0652 e. The molecular weight excluding hydrogens is 379 g/mol. The van der Waals surface area contributed by atoms with E-state index in [0.717, 1.165) is 31.6 Å². The molecule has 3 N–H and O–H groups in total. The molecule has 0 spiro atoms. The quantitative estimate of drug-likeness (QED) is 0.665. The summed E-state index contributed by atoms with van der Waals surface area (Å²) in [5.41, 5.74) is 9.41. The summed E-state index contributed by atoms with van der Waals surface area (Å²) < 4.78 is 1.86. The van der Waals surface area contributed by atoms with Crippen molar-refractivity contribution in [2.45, 2.75) is 6.92 Å². The Balaban J connectivity index is 2.37. The summed E-state index contributed by atoms with van der Waals surface area (Å²) in [7, 11) is 0. The zero-order chi connectivity index (χ0) is 13.3. The number of anilines is 3. The van der Waals surface area contributed by atoms with Crippen molar-refractivity contribution in [2.24, 2.45) is 0 Å². The van der Waals surface area contributed by atoms with E-state index in [1.807, 2.05) is 37.3 Å². The Labute approximate surface area is 128 Å². The maximum atomic E-state index is 6.17. The van der Waals surface area contributed by atoms with Crippen molar-refractivity contribution in [3.05, 3.63) is 49.9 Å². The van der Waals surface area contributed by atoms with Crippen molar-refractivity contribution in [1.82, 2.24) is 0 Å². The normalized spacial score (nSPS) is 10.4. The minimum absolute atomic E-state index is 0.658. The number of aryl methyl sites for hydroxylation is 1. The minimum Gasteiger partial charge on any atom is -0.398 e. The van der Waals surface area contributed by atoms with Gasteiger partial charge in [0.15, 0.2) is 0 Å². The van der Waals surface area contributed by atoms with Gasteiger partial charge >= 0.3 is 0 Å². The molecule has 0 saturated heterocycles. The molecular formula is C13H11Br2ClN2. The Bertz CT molecular complexity index is 600. The first-order valence-electron chi connectivity index (χ1n) is 5.25. The Morgan fingerprint density at radius 2 is 1.83 bits per heavy atom. The maximum Gasteiger partial charge on any atom is 0.0652 e. The van der Waals surface area contributed by atoms with Gasteiger partial charge in [0.2, 0.25) is 0 Å². The van der Waals surface area contributed by atoms with Crippen LogP contribution in [0.1, 0.15) is 5.56 Å². The van der Waals surface area contributed by atoms with Crippen LogP contribution >= 0.6 is 43.5 Å². The van der Waals surface area contributed by atoms with Gasteiger partial charge in [0.05, 0.1) is 16.4 Å². The number of rotatable bonds is 2. The van der Waals surface area contributed by atoms with Crippen LogP contribution in [0.3, 0.4) is 0 Å². The van der Waals surface area contributed by atoms with Gasteiger partial charge in [-0.05, 0) is 58.7 Å². The topological polar surface area (TPSA) is 38.0 Å². The van der Waals surface area contributed by atoms with Crippen LogP contribution in [-0.2, 0) is 0 Å². The van der Waals surface area contributed by atoms with Gasteiger partial charge in [0.1, 0.15) is 0 Å². The molecule has 0 radical (unpaired) electrons.